The molecule has 0 bridgehead atoms. The van der Waals surface area contributed by atoms with E-state index in [9.17, 15) is 20.4 Å². The van der Waals surface area contributed by atoms with E-state index in [0.29, 0.717) is 0 Å². The van der Waals surface area contributed by atoms with Crippen molar-refractivity contribution >= 4 is 0 Å². The average Bonchev–Trinajstić information content (AvgIpc) is 2.40. The van der Waals surface area contributed by atoms with E-state index in [4.69, 9.17) is 18.9 Å². The molecule has 128 valence electrons. The van der Waals surface area contributed by atoms with Gasteiger partial charge in [-0.3, -0.25) is 0 Å². The molecule has 0 aromatic carbocycles. The third-order valence-corrected chi connectivity index (χ3v) is 3.01. The maximum Gasteiger partial charge on any atom is 0.175 e. The highest BCUT2D eigenvalue weighted by molar-refractivity contribution is 4.91. The van der Waals surface area contributed by atoms with Crippen LogP contribution in [0.5, 0.6) is 0 Å². The van der Waals surface area contributed by atoms with Crippen molar-refractivity contribution in [1.29, 1.82) is 0 Å². The number of aliphatic hydroxyl groups excluding tert-OH is 4. The molecule has 0 spiro atoms. The zero-order valence-corrected chi connectivity index (χ0v) is 13.1. The predicted molar refractivity (Wildman–Crippen MR) is 73.0 cm³/mol. The van der Waals surface area contributed by atoms with Crippen molar-refractivity contribution in [2.75, 3.05) is 26.4 Å². The van der Waals surface area contributed by atoms with Crippen LogP contribution in [-0.2, 0) is 18.9 Å². The van der Waals surface area contributed by atoms with Gasteiger partial charge in [0, 0.05) is 26.4 Å². The van der Waals surface area contributed by atoms with Crippen molar-refractivity contribution in [3.63, 3.8) is 0 Å². The lowest BCUT2D eigenvalue weighted by atomic mass is 9.83. The molecule has 0 fully saturated rings. The third kappa shape index (κ3) is 4.83. The first-order valence-corrected chi connectivity index (χ1v) is 7.11. The van der Waals surface area contributed by atoms with Crippen LogP contribution in [0.1, 0.15) is 27.7 Å². The number of ether oxygens (including phenoxy) is 4. The molecule has 0 aliphatic rings. The fourth-order valence-corrected chi connectivity index (χ4v) is 1.94. The second kappa shape index (κ2) is 10.4. The first kappa shape index (κ1) is 20.7. The fraction of sp³-hybridized carbons (Fsp3) is 1.00. The molecule has 0 amide bonds. The zero-order valence-electron chi connectivity index (χ0n) is 13.1. The lowest BCUT2D eigenvalue weighted by molar-refractivity contribution is -0.393. The molecule has 0 aromatic rings. The molecule has 21 heavy (non-hydrogen) atoms. The summed E-state index contributed by atoms with van der Waals surface area (Å²) in [5.41, 5.74) is -2.13. The Bertz CT molecular complexity index is 209. The molecule has 0 aromatic heterocycles. The van der Waals surface area contributed by atoms with Crippen molar-refractivity contribution in [3.05, 3.63) is 0 Å². The van der Waals surface area contributed by atoms with Gasteiger partial charge < -0.3 is 39.4 Å². The Balaban J connectivity index is 5.67. The maximum atomic E-state index is 10.2. The van der Waals surface area contributed by atoms with Gasteiger partial charge in [0.1, 0.15) is 0 Å². The Morgan fingerprint density at radius 1 is 0.571 bits per heavy atom. The van der Waals surface area contributed by atoms with Crippen LogP contribution in [0.3, 0.4) is 0 Å². The first-order chi connectivity index (χ1) is 9.93. The van der Waals surface area contributed by atoms with E-state index in [0.717, 1.165) is 0 Å². The predicted octanol–water partition coefficient (Wildman–Crippen LogP) is -0.608. The van der Waals surface area contributed by atoms with E-state index >= 15 is 0 Å². The van der Waals surface area contributed by atoms with Crippen LogP contribution in [0.15, 0.2) is 0 Å². The Labute approximate surface area is 125 Å². The van der Waals surface area contributed by atoms with Gasteiger partial charge in [0.15, 0.2) is 30.6 Å². The first-order valence-electron chi connectivity index (χ1n) is 7.11. The van der Waals surface area contributed by atoms with E-state index in [2.05, 4.69) is 0 Å². The summed E-state index contributed by atoms with van der Waals surface area (Å²) in [5.74, 6) is 0. The van der Waals surface area contributed by atoms with Gasteiger partial charge in [-0.1, -0.05) is 0 Å². The summed E-state index contributed by atoms with van der Waals surface area (Å²) in [6.07, 6.45) is -7.08. The fourth-order valence-electron chi connectivity index (χ4n) is 1.94. The van der Waals surface area contributed by atoms with E-state index in [1.807, 2.05) is 0 Å². The van der Waals surface area contributed by atoms with Crippen molar-refractivity contribution in [3.8, 4) is 0 Å². The highest BCUT2D eigenvalue weighted by atomic mass is 16.7. The standard InChI is InChI=1S/C13H28O8/c1-5-18-9(14)13(10(15)19-6-2,11(16)20-7-3)12(17)21-8-4/h9-12,14-17H,5-8H2,1-4H3. The molecule has 8 heteroatoms. The summed E-state index contributed by atoms with van der Waals surface area (Å²) in [6, 6.07) is 0. The molecule has 0 rings (SSSR count). The van der Waals surface area contributed by atoms with E-state index in [-0.39, 0.29) is 26.4 Å². The lowest BCUT2D eigenvalue weighted by Gasteiger charge is -2.45. The molecule has 0 heterocycles. The van der Waals surface area contributed by atoms with E-state index < -0.39 is 30.6 Å². The molecule has 0 radical (unpaired) electrons. The Hall–Kier alpha value is -0.320. The van der Waals surface area contributed by atoms with Gasteiger partial charge in [0.2, 0.25) is 0 Å². The van der Waals surface area contributed by atoms with Crippen molar-refractivity contribution in [2.45, 2.75) is 52.9 Å². The van der Waals surface area contributed by atoms with Crippen LogP contribution in [0.2, 0.25) is 0 Å². The summed E-state index contributed by atoms with van der Waals surface area (Å²) in [5, 5.41) is 40.8. The van der Waals surface area contributed by atoms with Crippen molar-refractivity contribution in [1.82, 2.24) is 0 Å². The molecule has 0 aliphatic heterocycles. The second-order valence-corrected chi connectivity index (χ2v) is 4.23. The molecule has 4 atom stereocenters. The molecule has 8 nitrogen and oxygen atoms in total. The molecule has 0 saturated heterocycles. The number of rotatable bonds is 12. The molecule has 0 aliphatic carbocycles. The summed E-state index contributed by atoms with van der Waals surface area (Å²) in [6.45, 7) is 6.78. The van der Waals surface area contributed by atoms with Gasteiger partial charge in [-0.2, -0.15) is 0 Å². The maximum absolute atomic E-state index is 10.2. The van der Waals surface area contributed by atoms with Gasteiger partial charge in [0.05, 0.1) is 0 Å². The Morgan fingerprint density at radius 3 is 0.905 bits per heavy atom. The van der Waals surface area contributed by atoms with Crippen LogP contribution < -0.4 is 0 Å². The topological polar surface area (TPSA) is 118 Å². The highest BCUT2D eigenvalue weighted by Crippen LogP contribution is 2.38. The molecule has 4 unspecified atom stereocenters. The minimum atomic E-state index is -2.13. The molecular formula is C13H28O8. The van der Waals surface area contributed by atoms with Crippen molar-refractivity contribution < 1.29 is 39.4 Å². The van der Waals surface area contributed by atoms with Crippen LogP contribution in [0.25, 0.3) is 0 Å². The minimum Gasteiger partial charge on any atom is -0.367 e. The Morgan fingerprint density at radius 2 is 0.762 bits per heavy atom. The average molecular weight is 312 g/mol. The normalized spacial score (nSPS) is 20.6. The van der Waals surface area contributed by atoms with Gasteiger partial charge in [-0.25, -0.2) is 0 Å². The van der Waals surface area contributed by atoms with E-state index in [1.54, 1.807) is 27.7 Å². The summed E-state index contributed by atoms with van der Waals surface area (Å²) < 4.78 is 20.2. The largest absolute Gasteiger partial charge is 0.367 e. The molecule has 4 N–H and O–H groups in total. The van der Waals surface area contributed by atoms with Gasteiger partial charge in [0.25, 0.3) is 0 Å². The van der Waals surface area contributed by atoms with Crippen LogP contribution >= 0.6 is 0 Å². The number of hydrogen-bond acceptors (Lipinski definition) is 8. The van der Waals surface area contributed by atoms with Crippen LogP contribution in [0.4, 0.5) is 0 Å². The van der Waals surface area contributed by atoms with E-state index in [1.165, 1.54) is 0 Å². The number of hydrogen-bond donors (Lipinski definition) is 4. The molecular weight excluding hydrogens is 284 g/mol. The minimum absolute atomic E-state index is 0.0828. The second-order valence-electron chi connectivity index (χ2n) is 4.23. The summed E-state index contributed by atoms with van der Waals surface area (Å²) >= 11 is 0. The Kier molecular flexibility index (Phi) is 10.3. The smallest absolute Gasteiger partial charge is 0.175 e. The van der Waals surface area contributed by atoms with Gasteiger partial charge in [-0.05, 0) is 27.7 Å². The summed E-state index contributed by atoms with van der Waals surface area (Å²) in [4.78, 5) is 0. The lowest BCUT2D eigenvalue weighted by Crippen LogP contribution is -2.63. The number of aliphatic hydroxyl groups is 4. The monoisotopic (exact) mass is 312 g/mol. The highest BCUT2D eigenvalue weighted by Gasteiger charge is 2.59. The van der Waals surface area contributed by atoms with Gasteiger partial charge in [-0.15, -0.1) is 0 Å². The zero-order chi connectivity index (χ0) is 16.5. The molecule has 0 saturated carbocycles. The van der Waals surface area contributed by atoms with Gasteiger partial charge >= 0.3 is 0 Å². The van der Waals surface area contributed by atoms with Crippen LogP contribution in [0, 0.1) is 5.41 Å². The third-order valence-electron chi connectivity index (χ3n) is 3.01. The summed E-state index contributed by atoms with van der Waals surface area (Å²) in [7, 11) is 0. The quantitative estimate of drug-likeness (QED) is 0.353. The van der Waals surface area contributed by atoms with Crippen molar-refractivity contribution in [2.24, 2.45) is 5.41 Å². The van der Waals surface area contributed by atoms with Crippen LogP contribution in [-0.4, -0.2) is 72.0 Å². The SMILES string of the molecule is CCOC(O)C(C(O)OCC)(C(O)OCC)C(O)OCC.